The molecule has 0 atom stereocenters. The molecule has 0 saturated heterocycles. The summed E-state index contributed by atoms with van der Waals surface area (Å²) in [6, 6.07) is 0. The number of thioether (sulfide) groups is 2. The minimum atomic E-state index is 1.62. The van der Waals surface area contributed by atoms with E-state index in [9.17, 15) is 0 Å². The van der Waals surface area contributed by atoms with Crippen LogP contribution in [0.15, 0.2) is 46.4 Å². The minimum absolute atomic E-state index is 1.62. The zero-order valence-corrected chi connectivity index (χ0v) is 8.37. The first-order chi connectivity index (χ1) is 6.45. The number of hydrogen-bond acceptors (Lipinski definition) is 5. The molecule has 0 bridgehead atoms. The zero-order chi connectivity index (χ0) is 8.93. The maximum atomic E-state index is 5.42. The van der Waals surface area contributed by atoms with Crippen LogP contribution in [-0.4, -0.2) is 10.1 Å². The normalized spacial score (nSPS) is 20.0. The first-order valence-electron chi connectivity index (χ1n) is 3.67. The average molecular weight is 212 g/mol. The first-order valence-corrected chi connectivity index (χ1v) is 5.56. The number of hydrogen-bond donors (Lipinski definition) is 0. The maximum absolute atomic E-state index is 5.42. The largest absolute Gasteiger partial charge is 0.210 e. The Kier molecular flexibility index (Phi) is 3.02. The predicted octanol–water partition coefficient (Wildman–Crippen LogP) is 2.82. The van der Waals surface area contributed by atoms with Gasteiger partial charge in [-0.05, 0) is 21.6 Å². The summed E-state index contributed by atoms with van der Waals surface area (Å²) in [5, 5.41) is 11.1. The highest BCUT2D eigenvalue weighted by Crippen LogP contribution is 2.17. The molecule has 0 fully saturated rings. The van der Waals surface area contributed by atoms with E-state index in [4.69, 9.17) is 4.94 Å². The van der Waals surface area contributed by atoms with Crippen LogP contribution in [0.2, 0.25) is 0 Å². The molecular formula is C8H8N2OS2. The number of hydroxylamine groups is 4. The molecule has 0 spiro atoms. The first kappa shape index (κ1) is 8.80. The van der Waals surface area contributed by atoms with E-state index in [1.54, 1.807) is 33.7 Å². The van der Waals surface area contributed by atoms with Crippen LogP contribution in [0.3, 0.4) is 0 Å². The average Bonchev–Trinajstić information content (AvgIpc) is 2.21. The van der Waals surface area contributed by atoms with Crippen LogP contribution >= 0.6 is 23.5 Å². The molecule has 0 radical (unpaired) electrons. The third-order valence-corrected chi connectivity index (χ3v) is 2.45. The summed E-state index contributed by atoms with van der Waals surface area (Å²) >= 11 is 3.24. The molecule has 0 aromatic rings. The van der Waals surface area contributed by atoms with E-state index in [0.29, 0.717) is 0 Å². The Labute approximate surface area is 85.3 Å². The summed E-state index contributed by atoms with van der Waals surface area (Å²) in [4.78, 5) is 5.42. The number of rotatable bonds is 2. The van der Waals surface area contributed by atoms with Gasteiger partial charge in [0, 0.05) is 24.8 Å². The van der Waals surface area contributed by atoms with Gasteiger partial charge >= 0.3 is 0 Å². The van der Waals surface area contributed by atoms with Gasteiger partial charge in [0.2, 0.25) is 0 Å². The summed E-state index contributed by atoms with van der Waals surface area (Å²) in [5.41, 5.74) is 0. The molecule has 0 aromatic carbocycles. The Hall–Kier alpha value is -0.780. The Bertz CT molecular complexity index is 234. The van der Waals surface area contributed by atoms with E-state index in [2.05, 4.69) is 0 Å². The van der Waals surface area contributed by atoms with Crippen molar-refractivity contribution in [3.05, 3.63) is 46.4 Å². The van der Waals surface area contributed by atoms with Crippen molar-refractivity contribution in [2.24, 2.45) is 0 Å². The third kappa shape index (κ3) is 2.58. The molecule has 13 heavy (non-hydrogen) atoms. The number of nitrogens with zero attached hydrogens (tertiary/aromatic N) is 2. The van der Waals surface area contributed by atoms with Gasteiger partial charge in [0.25, 0.3) is 0 Å². The predicted molar refractivity (Wildman–Crippen MR) is 56.5 cm³/mol. The summed E-state index contributed by atoms with van der Waals surface area (Å²) in [5.74, 6) is 0. The molecule has 3 nitrogen and oxygen atoms in total. The van der Waals surface area contributed by atoms with Crippen LogP contribution in [0.4, 0.5) is 0 Å². The van der Waals surface area contributed by atoms with Crippen molar-refractivity contribution >= 4 is 23.5 Å². The second kappa shape index (κ2) is 4.45. The van der Waals surface area contributed by atoms with Gasteiger partial charge in [-0.2, -0.15) is 0 Å². The van der Waals surface area contributed by atoms with Gasteiger partial charge in [-0.1, -0.05) is 0 Å². The van der Waals surface area contributed by atoms with E-state index in [0.717, 1.165) is 0 Å². The summed E-state index contributed by atoms with van der Waals surface area (Å²) in [7, 11) is 0. The lowest BCUT2D eigenvalue weighted by Crippen LogP contribution is -2.21. The Morgan fingerprint density at radius 1 is 0.692 bits per heavy atom. The maximum Gasteiger partial charge on any atom is 0.0418 e. The molecule has 0 saturated carbocycles. The fraction of sp³-hybridized carbons (Fsp3) is 0. The lowest BCUT2D eigenvalue weighted by atomic mass is 10.8. The van der Waals surface area contributed by atoms with Gasteiger partial charge in [0.05, 0.1) is 0 Å². The second-order valence-electron chi connectivity index (χ2n) is 2.21. The SMILES string of the molecule is C1=CN(ON2C=CSC=C2)C=CS1. The highest BCUT2D eigenvalue weighted by atomic mass is 32.2. The standard InChI is InChI=1S/C8H8N2OS2/c1-5-12-6-2-9(1)11-10-3-7-13-8-4-10/h1-8H. The van der Waals surface area contributed by atoms with Crippen molar-refractivity contribution in [2.75, 3.05) is 0 Å². The van der Waals surface area contributed by atoms with E-state index >= 15 is 0 Å². The lowest BCUT2D eigenvalue weighted by molar-refractivity contribution is -0.232. The van der Waals surface area contributed by atoms with Crippen molar-refractivity contribution in [1.82, 2.24) is 10.1 Å². The van der Waals surface area contributed by atoms with Crippen LogP contribution < -0.4 is 0 Å². The molecule has 0 aromatic heterocycles. The lowest BCUT2D eigenvalue weighted by Gasteiger charge is -2.23. The molecule has 0 N–H and O–H groups in total. The minimum Gasteiger partial charge on any atom is -0.210 e. The quantitative estimate of drug-likeness (QED) is 0.697. The van der Waals surface area contributed by atoms with Gasteiger partial charge in [0.15, 0.2) is 0 Å². The summed E-state index contributed by atoms with van der Waals surface area (Å²) in [6.45, 7) is 0. The molecule has 2 aliphatic rings. The summed E-state index contributed by atoms with van der Waals surface area (Å²) < 4.78 is 0. The van der Waals surface area contributed by atoms with Crippen molar-refractivity contribution < 1.29 is 4.94 Å². The van der Waals surface area contributed by atoms with Crippen molar-refractivity contribution in [1.29, 1.82) is 0 Å². The fourth-order valence-electron chi connectivity index (χ4n) is 0.788. The van der Waals surface area contributed by atoms with E-state index in [1.165, 1.54) is 0 Å². The van der Waals surface area contributed by atoms with Gasteiger partial charge < -0.3 is 0 Å². The Morgan fingerprint density at radius 2 is 1.08 bits per heavy atom. The molecule has 2 rings (SSSR count). The molecule has 0 aliphatic carbocycles. The van der Waals surface area contributed by atoms with Crippen LogP contribution in [0.5, 0.6) is 0 Å². The zero-order valence-electron chi connectivity index (χ0n) is 6.74. The van der Waals surface area contributed by atoms with Crippen molar-refractivity contribution in [3.8, 4) is 0 Å². The van der Waals surface area contributed by atoms with E-state index in [1.807, 2.05) is 46.4 Å². The topological polar surface area (TPSA) is 15.7 Å². The third-order valence-electron chi connectivity index (χ3n) is 1.33. The van der Waals surface area contributed by atoms with Gasteiger partial charge in [-0.3, -0.25) is 0 Å². The van der Waals surface area contributed by atoms with Gasteiger partial charge in [0.1, 0.15) is 0 Å². The molecule has 2 aliphatic heterocycles. The van der Waals surface area contributed by atoms with Gasteiger partial charge in [-0.15, -0.1) is 28.5 Å². The Balaban J connectivity index is 1.89. The molecule has 68 valence electrons. The van der Waals surface area contributed by atoms with Crippen molar-refractivity contribution in [2.45, 2.75) is 0 Å². The highest BCUT2D eigenvalue weighted by Gasteiger charge is 2.03. The van der Waals surface area contributed by atoms with Crippen LogP contribution in [0, 0.1) is 0 Å². The highest BCUT2D eigenvalue weighted by molar-refractivity contribution is 8.05. The Morgan fingerprint density at radius 3 is 1.46 bits per heavy atom. The van der Waals surface area contributed by atoms with Crippen LogP contribution in [0.1, 0.15) is 0 Å². The van der Waals surface area contributed by atoms with Crippen molar-refractivity contribution in [3.63, 3.8) is 0 Å². The molecular weight excluding hydrogens is 204 g/mol. The van der Waals surface area contributed by atoms with E-state index < -0.39 is 0 Å². The second-order valence-corrected chi connectivity index (χ2v) is 3.85. The van der Waals surface area contributed by atoms with Crippen LogP contribution in [-0.2, 0) is 4.94 Å². The smallest absolute Gasteiger partial charge is 0.0418 e. The molecule has 5 heteroatoms. The van der Waals surface area contributed by atoms with Gasteiger partial charge in [-0.25, -0.2) is 10.1 Å². The van der Waals surface area contributed by atoms with E-state index in [-0.39, 0.29) is 0 Å². The fourth-order valence-corrected chi connectivity index (χ4v) is 1.73. The molecule has 2 heterocycles. The monoisotopic (exact) mass is 212 g/mol. The molecule has 0 amide bonds. The molecule has 0 unspecified atom stereocenters. The van der Waals surface area contributed by atoms with Crippen LogP contribution in [0.25, 0.3) is 0 Å². The summed E-state index contributed by atoms with van der Waals surface area (Å²) in [6.07, 6.45) is 7.42.